The molecule has 0 saturated heterocycles. The second-order valence-corrected chi connectivity index (χ2v) is 6.33. The first-order valence-electron chi connectivity index (χ1n) is 6.81. The van der Waals surface area contributed by atoms with E-state index in [0.717, 1.165) is 25.7 Å². The maximum absolute atomic E-state index is 11.2. The first-order chi connectivity index (χ1) is 8.36. The Hall–Kier alpha value is -0.610. The Morgan fingerprint density at radius 2 is 1.83 bits per heavy atom. The summed E-state index contributed by atoms with van der Waals surface area (Å²) in [6, 6.07) is 0. The van der Waals surface area contributed by atoms with Gasteiger partial charge in [-0.05, 0) is 42.9 Å². The van der Waals surface area contributed by atoms with E-state index >= 15 is 0 Å². The Labute approximate surface area is 109 Å². The second kappa shape index (κ2) is 6.53. The van der Waals surface area contributed by atoms with E-state index in [4.69, 9.17) is 9.84 Å². The van der Waals surface area contributed by atoms with Crippen LogP contribution < -0.4 is 0 Å². The minimum atomic E-state index is -0.900. The third-order valence-corrected chi connectivity index (χ3v) is 4.06. The minimum absolute atomic E-state index is 0.0904. The molecule has 4 nitrogen and oxygen atoms in total. The monoisotopic (exact) mass is 258 g/mol. The van der Waals surface area contributed by atoms with Crippen LogP contribution in [0.25, 0.3) is 0 Å². The molecular weight excluding hydrogens is 232 g/mol. The van der Waals surface area contributed by atoms with Crippen LogP contribution in [0.5, 0.6) is 0 Å². The Morgan fingerprint density at radius 3 is 2.22 bits per heavy atom. The predicted molar refractivity (Wildman–Crippen MR) is 69.4 cm³/mol. The lowest BCUT2D eigenvalue weighted by Crippen LogP contribution is -2.37. The Balaban J connectivity index is 2.51. The zero-order valence-electron chi connectivity index (χ0n) is 11.7. The van der Waals surface area contributed by atoms with Gasteiger partial charge in [0.25, 0.3) is 0 Å². The van der Waals surface area contributed by atoms with Crippen molar-refractivity contribution in [1.29, 1.82) is 0 Å². The molecule has 1 fully saturated rings. The van der Waals surface area contributed by atoms with Crippen molar-refractivity contribution in [2.24, 2.45) is 17.3 Å². The van der Waals surface area contributed by atoms with Gasteiger partial charge in [0, 0.05) is 0 Å². The van der Waals surface area contributed by atoms with Crippen molar-refractivity contribution >= 4 is 5.97 Å². The lowest BCUT2D eigenvalue weighted by Gasteiger charge is -2.38. The largest absolute Gasteiger partial charge is 0.479 e. The summed E-state index contributed by atoms with van der Waals surface area (Å²) in [6.45, 7) is 6.72. The van der Waals surface area contributed by atoms with E-state index in [9.17, 15) is 9.90 Å². The summed E-state index contributed by atoms with van der Waals surface area (Å²) >= 11 is 0. The van der Waals surface area contributed by atoms with E-state index in [1.165, 1.54) is 0 Å². The quantitative estimate of drug-likeness (QED) is 0.794. The SMILES string of the molecule is CC(C)(C)C1CCC(C(OCCO)C(=O)O)CC1. The third-order valence-electron chi connectivity index (χ3n) is 4.06. The number of ether oxygens (including phenoxy) is 1. The van der Waals surface area contributed by atoms with Crippen LogP contribution in [0.2, 0.25) is 0 Å². The molecular formula is C14H26O4. The number of carbonyl (C=O) groups is 1. The summed E-state index contributed by atoms with van der Waals surface area (Å²) in [4.78, 5) is 11.2. The normalized spacial score (nSPS) is 26.9. The number of carboxylic acids is 1. The number of aliphatic hydroxyl groups excluding tert-OH is 1. The molecule has 1 unspecified atom stereocenters. The van der Waals surface area contributed by atoms with Gasteiger partial charge >= 0.3 is 5.97 Å². The smallest absolute Gasteiger partial charge is 0.333 e. The van der Waals surface area contributed by atoms with Crippen molar-refractivity contribution in [3.63, 3.8) is 0 Å². The third kappa shape index (κ3) is 4.25. The van der Waals surface area contributed by atoms with Crippen molar-refractivity contribution in [2.45, 2.75) is 52.6 Å². The van der Waals surface area contributed by atoms with E-state index < -0.39 is 12.1 Å². The second-order valence-electron chi connectivity index (χ2n) is 6.33. The standard InChI is InChI=1S/C14H26O4/c1-14(2,3)11-6-4-10(5-7-11)12(13(16)17)18-9-8-15/h10-12,15H,4-9H2,1-3H3,(H,16,17). The van der Waals surface area contributed by atoms with Crippen LogP contribution in [0.1, 0.15) is 46.5 Å². The molecule has 1 rings (SSSR count). The first kappa shape index (κ1) is 15.4. The average Bonchev–Trinajstić information content (AvgIpc) is 2.28. The van der Waals surface area contributed by atoms with Gasteiger partial charge in [-0.15, -0.1) is 0 Å². The van der Waals surface area contributed by atoms with Crippen LogP contribution in [0, 0.1) is 17.3 Å². The van der Waals surface area contributed by atoms with Crippen molar-refractivity contribution in [1.82, 2.24) is 0 Å². The summed E-state index contributed by atoms with van der Waals surface area (Å²) in [5.74, 6) is -0.142. The molecule has 1 atom stereocenters. The van der Waals surface area contributed by atoms with Crippen molar-refractivity contribution in [3.8, 4) is 0 Å². The predicted octanol–water partition coefficient (Wildman–Crippen LogP) is 2.30. The summed E-state index contributed by atoms with van der Waals surface area (Å²) < 4.78 is 5.26. The Bertz CT molecular complexity index is 261. The summed E-state index contributed by atoms with van der Waals surface area (Å²) in [5.41, 5.74) is 0.301. The summed E-state index contributed by atoms with van der Waals surface area (Å²) in [5, 5.41) is 17.9. The van der Waals surface area contributed by atoms with Gasteiger partial charge in [-0.25, -0.2) is 4.79 Å². The minimum Gasteiger partial charge on any atom is -0.479 e. The van der Waals surface area contributed by atoms with Crippen LogP contribution >= 0.6 is 0 Å². The van der Waals surface area contributed by atoms with Gasteiger partial charge in [-0.1, -0.05) is 20.8 Å². The highest BCUT2D eigenvalue weighted by Crippen LogP contribution is 2.41. The maximum atomic E-state index is 11.2. The molecule has 18 heavy (non-hydrogen) atoms. The molecule has 0 bridgehead atoms. The molecule has 1 saturated carbocycles. The molecule has 0 radical (unpaired) electrons. The fourth-order valence-corrected chi connectivity index (χ4v) is 2.88. The fourth-order valence-electron chi connectivity index (χ4n) is 2.88. The summed E-state index contributed by atoms with van der Waals surface area (Å²) in [6.07, 6.45) is 3.20. The number of hydrogen-bond donors (Lipinski definition) is 2. The Morgan fingerprint density at radius 1 is 1.28 bits per heavy atom. The van der Waals surface area contributed by atoms with E-state index in [1.54, 1.807) is 0 Å². The average molecular weight is 258 g/mol. The molecule has 0 spiro atoms. The van der Waals surface area contributed by atoms with Gasteiger partial charge in [0.05, 0.1) is 13.2 Å². The molecule has 0 aromatic carbocycles. The van der Waals surface area contributed by atoms with Crippen LogP contribution in [0.4, 0.5) is 0 Å². The van der Waals surface area contributed by atoms with E-state index in [2.05, 4.69) is 20.8 Å². The van der Waals surface area contributed by atoms with Gasteiger partial charge in [-0.2, -0.15) is 0 Å². The van der Waals surface area contributed by atoms with Gasteiger partial charge < -0.3 is 14.9 Å². The van der Waals surface area contributed by atoms with Crippen LogP contribution in [0.15, 0.2) is 0 Å². The van der Waals surface area contributed by atoms with E-state index in [1.807, 2.05) is 0 Å². The van der Waals surface area contributed by atoms with Crippen LogP contribution in [0.3, 0.4) is 0 Å². The fraction of sp³-hybridized carbons (Fsp3) is 0.929. The van der Waals surface area contributed by atoms with E-state index in [0.29, 0.717) is 11.3 Å². The van der Waals surface area contributed by atoms with Crippen LogP contribution in [-0.2, 0) is 9.53 Å². The lowest BCUT2D eigenvalue weighted by atomic mass is 9.69. The molecule has 1 aliphatic carbocycles. The molecule has 2 N–H and O–H groups in total. The maximum Gasteiger partial charge on any atom is 0.333 e. The number of carboxylic acid groups (broad SMARTS) is 1. The number of hydrogen-bond acceptors (Lipinski definition) is 3. The zero-order chi connectivity index (χ0) is 13.8. The first-order valence-corrected chi connectivity index (χ1v) is 6.81. The lowest BCUT2D eigenvalue weighted by molar-refractivity contribution is -0.156. The van der Waals surface area contributed by atoms with Crippen molar-refractivity contribution in [3.05, 3.63) is 0 Å². The van der Waals surface area contributed by atoms with Gasteiger partial charge in [0.2, 0.25) is 0 Å². The van der Waals surface area contributed by atoms with Gasteiger partial charge in [0.1, 0.15) is 0 Å². The Kier molecular flexibility index (Phi) is 5.60. The topological polar surface area (TPSA) is 66.8 Å². The molecule has 0 aromatic rings. The highest BCUT2D eigenvalue weighted by Gasteiger charge is 2.35. The highest BCUT2D eigenvalue weighted by atomic mass is 16.5. The zero-order valence-corrected chi connectivity index (χ0v) is 11.7. The van der Waals surface area contributed by atoms with Crippen LogP contribution in [-0.4, -0.2) is 35.5 Å². The van der Waals surface area contributed by atoms with Crippen molar-refractivity contribution < 1.29 is 19.7 Å². The number of rotatable bonds is 5. The molecule has 0 amide bonds. The molecule has 0 aromatic heterocycles. The number of aliphatic carboxylic acids is 1. The molecule has 4 heteroatoms. The van der Waals surface area contributed by atoms with Gasteiger partial charge in [0.15, 0.2) is 6.10 Å². The van der Waals surface area contributed by atoms with Gasteiger partial charge in [-0.3, -0.25) is 0 Å². The molecule has 0 aliphatic heterocycles. The number of aliphatic hydroxyl groups is 1. The van der Waals surface area contributed by atoms with Crippen molar-refractivity contribution in [2.75, 3.05) is 13.2 Å². The summed E-state index contributed by atoms with van der Waals surface area (Å²) in [7, 11) is 0. The van der Waals surface area contributed by atoms with E-state index in [-0.39, 0.29) is 19.1 Å². The molecule has 106 valence electrons. The molecule has 0 heterocycles. The molecule has 1 aliphatic rings. The highest BCUT2D eigenvalue weighted by molar-refractivity contribution is 5.72.